The van der Waals surface area contributed by atoms with E-state index in [2.05, 4.69) is 9.97 Å². The molecule has 0 radical (unpaired) electrons. The summed E-state index contributed by atoms with van der Waals surface area (Å²) in [5.74, 6) is -1.21. The molecular weight excluding hydrogens is 266 g/mol. The first-order valence-electron chi connectivity index (χ1n) is 5.54. The Morgan fingerprint density at radius 3 is 2.75 bits per heavy atom. The van der Waals surface area contributed by atoms with Crippen molar-refractivity contribution in [2.24, 2.45) is 0 Å². The Hall–Kier alpha value is -3.16. The number of carboxylic acids is 1. The minimum Gasteiger partial charge on any atom is -0.478 e. The number of H-pyrrole nitrogens is 2. The molecule has 100 valence electrons. The third kappa shape index (κ3) is 1.55. The molecule has 0 unspecified atom stereocenters. The summed E-state index contributed by atoms with van der Waals surface area (Å²) < 4.78 is 0. The summed E-state index contributed by atoms with van der Waals surface area (Å²) in [5, 5.41) is 20.4. The Labute approximate surface area is 109 Å². The number of fused-ring (bicyclic) bond motifs is 3. The average molecular weight is 273 g/mol. The number of aromatic nitrogens is 2. The van der Waals surface area contributed by atoms with Crippen LogP contribution in [0, 0.1) is 10.1 Å². The van der Waals surface area contributed by atoms with Crippen molar-refractivity contribution in [1.29, 1.82) is 0 Å². The molecule has 2 aromatic heterocycles. The van der Waals surface area contributed by atoms with Crippen LogP contribution >= 0.6 is 0 Å². The number of nitro groups is 1. The summed E-state index contributed by atoms with van der Waals surface area (Å²) in [6, 6.07) is 3.87. The highest BCUT2D eigenvalue weighted by atomic mass is 16.6. The number of non-ortho nitro benzene ring substituents is 1. The van der Waals surface area contributed by atoms with E-state index in [1.54, 1.807) is 0 Å². The maximum atomic E-state index is 11.8. The van der Waals surface area contributed by atoms with Gasteiger partial charge in [0, 0.05) is 34.6 Å². The van der Waals surface area contributed by atoms with E-state index < -0.39 is 16.5 Å². The fourth-order valence-electron chi connectivity index (χ4n) is 2.20. The minimum absolute atomic E-state index is 0.0791. The van der Waals surface area contributed by atoms with Crippen LogP contribution in [0.3, 0.4) is 0 Å². The van der Waals surface area contributed by atoms with Crippen molar-refractivity contribution in [3.8, 4) is 0 Å². The minimum atomic E-state index is -1.21. The summed E-state index contributed by atoms with van der Waals surface area (Å²) in [7, 11) is 0. The zero-order chi connectivity index (χ0) is 14.4. The van der Waals surface area contributed by atoms with Crippen LogP contribution in [0.4, 0.5) is 5.69 Å². The number of aromatic carboxylic acids is 1. The van der Waals surface area contributed by atoms with E-state index in [4.69, 9.17) is 5.11 Å². The second-order valence-electron chi connectivity index (χ2n) is 4.20. The van der Waals surface area contributed by atoms with Crippen LogP contribution in [0.25, 0.3) is 21.8 Å². The smallest absolute Gasteiger partial charge is 0.337 e. The van der Waals surface area contributed by atoms with Gasteiger partial charge in [0.05, 0.1) is 10.5 Å². The molecule has 2 heterocycles. The van der Waals surface area contributed by atoms with E-state index in [0.717, 1.165) is 0 Å². The third-order valence-electron chi connectivity index (χ3n) is 3.07. The second-order valence-corrected chi connectivity index (χ2v) is 4.20. The predicted molar refractivity (Wildman–Crippen MR) is 70.0 cm³/mol. The monoisotopic (exact) mass is 273 g/mol. The van der Waals surface area contributed by atoms with Crippen molar-refractivity contribution in [2.75, 3.05) is 0 Å². The molecule has 0 saturated heterocycles. The molecule has 0 saturated carbocycles. The molecular formula is C12H7N3O5. The summed E-state index contributed by atoms with van der Waals surface area (Å²) >= 11 is 0. The number of hydrogen-bond acceptors (Lipinski definition) is 4. The molecule has 0 bridgehead atoms. The first kappa shape index (κ1) is 11.9. The number of rotatable bonds is 2. The molecule has 0 amide bonds. The van der Waals surface area contributed by atoms with Crippen molar-refractivity contribution in [3.63, 3.8) is 0 Å². The Morgan fingerprint density at radius 1 is 1.35 bits per heavy atom. The molecule has 20 heavy (non-hydrogen) atoms. The number of nitro benzene ring substituents is 1. The summed E-state index contributed by atoms with van der Waals surface area (Å²) in [4.78, 5) is 38.4. The van der Waals surface area contributed by atoms with Crippen LogP contribution < -0.4 is 5.56 Å². The SMILES string of the molecule is O=C(O)c1c[nH]c2c(=O)[nH]c3ccc([N+](=O)[O-])cc3c12. The van der Waals surface area contributed by atoms with Crippen LogP contribution in [-0.4, -0.2) is 26.0 Å². The van der Waals surface area contributed by atoms with Crippen molar-refractivity contribution < 1.29 is 14.8 Å². The lowest BCUT2D eigenvalue weighted by Gasteiger charge is -2.01. The van der Waals surface area contributed by atoms with Gasteiger partial charge in [-0.15, -0.1) is 0 Å². The third-order valence-corrected chi connectivity index (χ3v) is 3.07. The van der Waals surface area contributed by atoms with Gasteiger partial charge in [-0.25, -0.2) is 4.79 Å². The van der Waals surface area contributed by atoms with Gasteiger partial charge >= 0.3 is 5.97 Å². The largest absolute Gasteiger partial charge is 0.478 e. The second kappa shape index (κ2) is 3.92. The van der Waals surface area contributed by atoms with Crippen LogP contribution in [0.2, 0.25) is 0 Å². The number of carbonyl (C=O) groups is 1. The molecule has 0 aliphatic rings. The van der Waals surface area contributed by atoms with Crippen molar-refractivity contribution in [2.45, 2.75) is 0 Å². The fraction of sp³-hybridized carbons (Fsp3) is 0. The van der Waals surface area contributed by atoms with Crippen LogP contribution in [0.1, 0.15) is 10.4 Å². The van der Waals surface area contributed by atoms with Gasteiger partial charge in [0.25, 0.3) is 11.2 Å². The van der Waals surface area contributed by atoms with E-state index >= 15 is 0 Å². The van der Waals surface area contributed by atoms with E-state index in [1.807, 2.05) is 0 Å². The first-order valence-corrected chi connectivity index (χ1v) is 5.54. The highest BCUT2D eigenvalue weighted by Crippen LogP contribution is 2.27. The van der Waals surface area contributed by atoms with Crippen molar-refractivity contribution >= 4 is 33.5 Å². The standard InChI is InChI=1S/C12H7N3O5/c16-11-10-9(7(4-13-10)12(17)18)6-3-5(15(19)20)1-2-8(6)14-11/h1-4,13H,(H,14,16)(H,17,18). The molecule has 3 rings (SSSR count). The van der Waals surface area contributed by atoms with Gasteiger partial charge in [0.2, 0.25) is 0 Å². The average Bonchev–Trinajstić information content (AvgIpc) is 2.84. The number of carboxylic acid groups (broad SMARTS) is 1. The fourth-order valence-corrected chi connectivity index (χ4v) is 2.20. The van der Waals surface area contributed by atoms with E-state index in [1.165, 1.54) is 24.4 Å². The Morgan fingerprint density at radius 2 is 2.10 bits per heavy atom. The molecule has 0 aliphatic heterocycles. The predicted octanol–water partition coefficient (Wildman–Crippen LogP) is 1.62. The number of hydrogen-bond donors (Lipinski definition) is 3. The number of pyridine rings is 1. The maximum Gasteiger partial charge on any atom is 0.337 e. The number of benzene rings is 1. The summed E-state index contributed by atoms with van der Waals surface area (Å²) in [6.07, 6.45) is 1.19. The highest BCUT2D eigenvalue weighted by Gasteiger charge is 2.18. The Kier molecular flexibility index (Phi) is 2.33. The molecule has 8 nitrogen and oxygen atoms in total. The Balaban J connectivity index is 2.56. The molecule has 0 aliphatic carbocycles. The lowest BCUT2D eigenvalue weighted by atomic mass is 10.1. The molecule has 1 aromatic carbocycles. The van der Waals surface area contributed by atoms with Gasteiger partial charge < -0.3 is 15.1 Å². The molecule has 3 aromatic rings. The Bertz CT molecular complexity index is 937. The van der Waals surface area contributed by atoms with Crippen LogP contribution in [0.15, 0.2) is 29.2 Å². The number of aromatic amines is 2. The van der Waals surface area contributed by atoms with Crippen molar-refractivity contribution in [3.05, 3.63) is 50.4 Å². The zero-order valence-corrected chi connectivity index (χ0v) is 9.84. The molecule has 8 heteroatoms. The van der Waals surface area contributed by atoms with Gasteiger partial charge in [0.15, 0.2) is 0 Å². The number of nitrogens with zero attached hydrogens (tertiary/aromatic N) is 1. The van der Waals surface area contributed by atoms with Gasteiger partial charge in [-0.05, 0) is 6.07 Å². The summed E-state index contributed by atoms with van der Waals surface area (Å²) in [6.45, 7) is 0. The van der Waals surface area contributed by atoms with E-state index in [0.29, 0.717) is 10.9 Å². The quantitative estimate of drug-likeness (QED) is 0.482. The van der Waals surface area contributed by atoms with E-state index in [-0.39, 0.29) is 22.2 Å². The van der Waals surface area contributed by atoms with Gasteiger partial charge in [-0.1, -0.05) is 0 Å². The van der Waals surface area contributed by atoms with Gasteiger partial charge in [0.1, 0.15) is 5.52 Å². The topological polar surface area (TPSA) is 129 Å². The molecule has 0 fully saturated rings. The van der Waals surface area contributed by atoms with Crippen LogP contribution in [-0.2, 0) is 0 Å². The molecule has 0 atom stereocenters. The molecule has 3 N–H and O–H groups in total. The maximum absolute atomic E-state index is 11.8. The van der Waals surface area contributed by atoms with Crippen LogP contribution in [0.5, 0.6) is 0 Å². The normalized spacial score (nSPS) is 11.0. The summed E-state index contributed by atoms with van der Waals surface area (Å²) in [5.41, 5.74) is -0.334. The van der Waals surface area contributed by atoms with E-state index in [9.17, 15) is 19.7 Å². The lowest BCUT2D eigenvalue weighted by Crippen LogP contribution is -2.07. The first-order chi connectivity index (χ1) is 9.49. The van der Waals surface area contributed by atoms with Gasteiger partial charge in [-0.2, -0.15) is 0 Å². The highest BCUT2D eigenvalue weighted by molar-refractivity contribution is 6.14. The van der Waals surface area contributed by atoms with Crippen molar-refractivity contribution in [1.82, 2.24) is 9.97 Å². The van der Waals surface area contributed by atoms with Gasteiger partial charge in [-0.3, -0.25) is 14.9 Å². The zero-order valence-electron chi connectivity index (χ0n) is 9.84. The number of nitrogens with one attached hydrogen (secondary N) is 2. The molecule has 0 spiro atoms. The lowest BCUT2D eigenvalue weighted by molar-refractivity contribution is -0.384.